The molecule has 9 aromatic rings. The second kappa shape index (κ2) is 17.7. The van der Waals surface area contributed by atoms with E-state index in [-0.39, 0.29) is 0 Å². The molecule has 9 aromatic carbocycles. The van der Waals surface area contributed by atoms with Crippen LogP contribution in [-0.2, 0) is 0 Å². The lowest BCUT2D eigenvalue weighted by atomic mass is 9.99. The molecule has 0 spiro atoms. The third-order valence-corrected chi connectivity index (χ3v) is 11.7. The van der Waals surface area contributed by atoms with E-state index in [0.717, 1.165) is 58.1 Å². The number of anilines is 6. The van der Waals surface area contributed by atoms with Crippen molar-refractivity contribution in [3.63, 3.8) is 0 Å². The summed E-state index contributed by atoms with van der Waals surface area (Å²) in [6, 6.07) is 85.3. The van der Waals surface area contributed by atoms with Crippen LogP contribution in [0.2, 0.25) is 0 Å². The minimum absolute atomic E-state index is 1.09. The Morgan fingerprint density at radius 3 is 0.935 bits per heavy atom. The number of rotatable bonds is 11. The van der Waals surface area contributed by atoms with Gasteiger partial charge >= 0.3 is 0 Å². The van der Waals surface area contributed by atoms with Gasteiger partial charge in [0, 0.05) is 34.1 Å². The third kappa shape index (κ3) is 8.28. The fourth-order valence-corrected chi connectivity index (χ4v) is 8.45. The van der Waals surface area contributed by atoms with Crippen molar-refractivity contribution in [3.05, 3.63) is 260 Å². The Hall–Kier alpha value is -7.94. The van der Waals surface area contributed by atoms with Crippen LogP contribution < -0.4 is 9.80 Å². The molecule has 0 saturated heterocycles. The highest BCUT2D eigenvalue weighted by Gasteiger charge is 2.17. The van der Waals surface area contributed by atoms with E-state index in [4.69, 9.17) is 0 Å². The first-order valence-electron chi connectivity index (χ1n) is 21.5. The SMILES string of the molecule is C1=CC(c2ccc(N(c3ccc(-c4ccccc4)cc3)c3cccc(-c4ccc(N(c5ccc(-c6ccccc6)cc5)c5ccc(-c6ccccc6)cc5)cc4)c3)cc2)=CCC1. The number of nitrogens with zero attached hydrogens (tertiary/aromatic N) is 2. The maximum Gasteiger partial charge on any atom is 0.0467 e. The first-order valence-corrected chi connectivity index (χ1v) is 21.5. The molecule has 0 aromatic heterocycles. The van der Waals surface area contributed by atoms with Gasteiger partial charge in [0.25, 0.3) is 0 Å². The molecule has 0 fully saturated rings. The summed E-state index contributed by atoms with van der Waals surface area (Å²) in [5.41, 5.74) is 18.7. The van der Waals surface area contributed by atoms with Crippen molar-refractivity contribution in [2.75, 3.05) is 9.80 Å². The molecule has 0 amide bonds. The lowest BCUT2D eigenvalue weighted by molar-refractivity contribution is 1.04. The summed E-state index contributed by atoms with van der Waals surface area (Å²) in [5.74, 6) is 0. The van der Waals surface area contributed by atoms with Crippen LogP contribution in [0.3, 0.4) is 0 Å². The zero-order valence-electron chi connectivity index (χ0n) is 34.6. The van der Waals surface area contributed by atoms with Crippen molar-refractivity contribution >= 4 is 39.7 Å². The van der Waals surface area contributed by atoms with E-state index in [0.29, 0.717) is 0 Å². The predicted octanol–water partition coefficient (Wildman–Crippen LogP) is 17.0. The van der Waals surface area contributed by atoms with E-state index in [1.54, 1.807) is 0 Å². The molecule has 0 atom stereocenters. The molecule has 0 aliphatic heterocycles. The predicted molar refractivity (Wildman–Crippen MR) is 264 cm³/mol. The molecule has 296 valence electrons. The van der Waals surface area contributed by atoms with Crippen LogP contribution in [0, 0.1) is 0 Å². The van der Waals surface area contributed by atoms with Gasteiger partial charge in [-0.25, -0.2) is 0 Å². The summed E-state index contributed by atoms with van der Waals surface area (Å²) in [5, 5.41) is 0. The monoisotopic (exact) mass is 794 g/mol. The minimum atomic E-state index is 1.09. The van der Waals surface area contributed by atoms with Crippen molar-refractivity contribution in [2.45, 2.75) is 12.8 Å². The second-order valence-corrected chi connectivity index (χ2v) is 15.7. The number of hydrogen-bond donors (Lipinski definition) is 0. The van der Waals surface area contributed by atoms with Gasteiger partial charge in [0.05, 0.1) is 0 Å². The zero-order chi connectivity index (χ0) is 41.5. The molecule has 0 radical (unpaired) electrons. The third-order valence-electron chi connectivity index (χ3n) is 11.7. The summed E-state index contributed by atoms with van der Waals surface area (Å²) in [6.45, 7) is 0. The average Bonchev–Trinajstić information content (AvgIpc) is 3.36. The van der Waals surface area contributed by atoms with Crippen molar-refractivity contribution in [3.8, 4) is 44.5 Å². The van der Waals surface area contributed by atoms with Gasteiger partial charge < -0.3 is 9.80 Å². The van der Waals surface area contributed by atoms with E-state index >= 15 is 0 Å². The first-order chi connectivity index (χ1) is 30.7. The van der Waals surface area contributed by atoms with Gasteiger partial charge in [-0.05, 0) is 141 Å². The summed E-state index contributed by atoms with van der Waals surface area (Å²) in [6.07, 6.45) is 9.05. The molecule has 1 aliphatic rings. The van der Waals surface area contributed by atoms with Gasteiger partial charge in [-0.1, -0.05) is 182 Å². The van der Waals surface area contributed by atoms with Crippen LogP contribution in [0.25, 0.3) is 50.1 Å². The number of benzene rings is 9. The molecule has 0 saturated carbocycles. The second-order valence-electron chi connectivity index (χ2n) is 15.7. The summed E-state index contributed by atoms with van der Waals surface area (Å²) >= 11 is 0. The quantitative estimate of drug-likeness (QED) is 0.129. The Morgan fingerprint density at radius 2 is 0.565 bits per heavy atom. The number of hydrogen-bond acceptors (Lipinski definition) is 2. The van der Waals surface area contributed by atoms with Gasteiger partial charge in [0.2, 0.25) is 0 Å². The molecule has 1 aliphatic carbocycles. The Morgan fingerprint density at radius 1 is 0.242 bits per heavy atom. The number of allylic oxidation sites excluding steroid dienone is 4. The Bertz CT molecular complexity index is 2850. The zero-order valence-corrected chi connectivity index (χ0v) is 34.6. The molecule has 0 N–H and O–H groups in total. The molecule has 0 unspecified atom stereocenters. The molecular formula is C60H46N2. The van der Waals surface area contributed by atoms with Crippen molar-refractivity contribution in [2.24, 2.45) is 0 Å². The van der Waals surface area contributed by atoms with Gasteiger partial charge in [0.1, 0.15) is 0 Å². The first kappa shape index (κ1) is 38.3. The van der Waals surface area contributed by atoms with E-state index in [2.05, 4.69) is 265 Å². The van der Waals surface area contributed by atoms with Gasteiger partial charge in [-0.2, -0.15) is 0 Å². The van der Waals surface area contributed by atoms with Crippen LogP contribution in [0.15, 0.2) is 255 Å². The molecular weight excluding hydrogens is 749 g/mol. The van der Waals surface area contributed by atoms with E-state index in [1.165, 1.54) is 44.5 Å². The van der Waals surface area contributed by atoms with Crippen molar-refractivity contribution < 1.29 is 0 Å². The van der Waals surface area contributed by atoms with E-state index in [9.17, 15) is 0 Å². The van der Waals surface area contributed by atoms with Crippen LogP contribution >= 0.6 is 0 Å². The Labute approximate surface area is 365 Å². The lowest BCUT2D eigenvalue weighted by Crippen LogP contribution is -2.10. The molecule has 2 heteroatoms. The van der Waals surface area contributed by atoms with Crippen LogP contribution in [0.1, 0.15) is 18.4 Å². The fraction of sp³-hybridized carbons (Fsp3) is 0.0333. The molecule has 2 nitrogen and oxygen atoms in total. The van der Waals surface area contributed by atoms with Crippen LogP contribution in [0.5, 0.6) is 0 Å². The highest BCUT2D eigenvalue weighted by molar-refractivity contribution is 5.85. The van der Waals surface area contributed by atoms with Gasteiger partial charge in [-0.3, -0.25) is 0 Å². The highest BCUT2D eigenvalue weighted by Crippen LogP contribution is 2.41. The lowest BCUT2D eigenvalue weighted by Gasteiger charge is -2.27. The summed E-state index contributed by atoms with van der Waals surface area (Å²) in [7, 11) is 0. The van der Waals surface area contributed by atoms with Crippen LogP contribution in [0.4, 0.5) is 34.1 Å². The van der Waals surface area contributed by atoms with E-state index in [1.807, 2.05) is 0 Å². The largest absolute Gasteiger partial charge is 0.311 e. The highest BCUT2D eigenvalue weighted by atomic mass is 15.1. The maximum atomic E-state index is 2.36. The molecule has 0 bridgehead atoms. The van der Waals surface area contributed by atoms with Crippen LogP contribution in [-0.4, -0.2) is 0 Å². The standard InChI is InChI=1S/C60H46N2/c1-5-14-45(15-6-1)49-24-34-55(35-25-49)61(56-36-26-50(27-37-56)46-16-7-2-8-17-46)57-42-32-53(33-43-57)54-22-13-23-60(44-54)62(58-38-28-51(29-39-58)47-18-9-3-10-19-47)59-40-30-52(31-41-59)48-20-11-4-12-21-48/h1-3,5-11,13-44H,4,12H2. The normalized spacial score (nSPS) is 12.1. The molecule has 62 heavy (non-hydrogen) atoms. The molecule has 10 rings (SSSR count). The minimum Gasteiger partial charge on any atom is -0.311 e. The molecule has 0 heterocycles. The average molecular weight is 795 g/mol. The summed E-state index contributed by atoms with van der Waals surface area (Å²) < 4.78 is 0. The van der Waals surface area contributed by atoms with E-state index < -0.39 is 0 Å². The smallest absolute Gasteiger partial charge is 0.0467 e. The Balaban J connectivity index is 0.991. The maximum absolute atomic E-state index is 2.36. The van der Waals surface area contributed by atoms with Gasteiger partial charge in [0.15, 0.2) is 0 Å². The summed E-state index contributed by atoms with van der Waals surface area (Å²) in [4.78, 5) is 4.70. The topological polar surface area (TPSA) is 6.48 Å². The van der Waals surface area contributed by atoms with Crippen molar-refractivity contribution in [1.29, 1.82) is 0 Å². The fourth-order valence-electron chi connectivity index (χ4n) is 8.45. The van der Waals surface area contributed by atoms with Crippen molar-refractivity contribution in [1.82, 2.24) is 0 Å². The Kier molecular flexibility index (Phi) is 10.9. The van der Waals surface area contributed by atoms with Gasteiger partial charge in [-0.15, -0.1) is 0 Å².